The van der Waals surface area contributed by atoms with Gasteiger partial charge in [0.25, 0.3) is 5.91 Å². The van der Waals surface area contributed by atoms with Crippen LogP contribution in [0.1, 0.15) is 45.9 Å². The van der Waals surface area contributed by atoms with Crippen LogP contribution in [0.3, 0.4) is 0 Å². The molecule has 1 aliphatic heterocycles. The number of para-hydroxylation sites is 1. The number of methoxy groups -OCH3 is 1. The molecule has 1 N–H and O–H groups in total. The van der Waals surface area contributed by atoms with Crippen molar-refractivity contribution in [3.05, 3.63) is 70.7 Å². The molecule has 10 heteroatoms. The number of carbonyl (C=O) groups is 2. The van der Waals surface area contributed by atoms with Crippen molar-refractivity contribution in [2.45, 2.75) is 44.9 Å². The molecule has 0 bridgehead atoms. The Morgan fingerprint density at radius 2 is 1.81 bits per heavy atom. The molecule has 198 valence electrons. The van der Waals surface area contributed by atoms with Crippen molar-refractivity contribution in [2.75, 3.05) is 26.8 Å². The fourth-order valence-corrected chi connectivity index (χ4v) is 4.99. The lowest BCUT2D eigenvalue weighted by Gasteiger charge is -2.33. The van der Waals surface area contributed by atoms with Crippen molar-refractivity contribution >= 4 is 22.7 Å². The zero-order valence-corrected chi connectivity index (χ0v) is 20.7. The number of halogens is 4. The number of alkyl halides is 3. The number of nitrogens with zero attached hydrogens (tertiary/aromatic N) is 2. The third kappa shape index (κ3) is 5.64. The predicted octanol–water partition coefficient (Wildman–Crippen LogP) is 4.93. The van der Waals surface area contributed by atoms with E-state index in [1.54, 1.807) is 29.5 Å². The van der Waals surface area contributed by atoms with Gasteiger partial charge in [-0.1, -0.05) is 36.4 Å². The lowest BCUT2D eigenvalue weighted by atomic mass is 9.88. The van der Waals surface area contributed by atoms with Gasteiger partial charge in [0.05, 0.1) is 12.1 Å². The summed E-state index contributed by atoms with van der Waals surface area (Å²) in [6.45, 7) is 3.28. The van der Waals surface area contributed by atoms with E-state index in [0.717, 1.165) is 16.5 Å². The Morgan fingerprint density at radius 3 is 2.49 bits per heavy atom. The van der Waals surface area contributed by atoms with E-state index in [9.17, 15) is 22.8 Å². The third-order valence-electron chi connectivity index (χ3n) is 6.89. The van der Waals surface area contributed by atoms with Gasteiger partial charge in [-0.25, -0.2) is 4.39 Å². The lowest BCUT2D eigenvalue weighted by molar-refractivity contribution is -0.173. The first kappa shape index (κ1) is 26.7. The Balaban J connectivity index is 1.47. The summed E-state index contributed by atoms with van der Waals surface area (Å²) in [6.07, 6.45) is -4.00. The van der Waals surface area contributed by atoms with Crippen molar-refractivity contribution in [3.8, 4) is 0 Å². The largest absolute Gasteiger partial charge is 0.471 e. The maximum Gasteiger partial charge on any atom is 0.471 e. The van der Waals surface area contributed by atoms with Crippen molar-refractivity contribution in [1.29, 1.82) is 0 Å². The van der Waals surface area contributed by atoms with Crippen LogP contribution in [0.4, 0.5) is 17.6 Å². The molecular formula is C27H29F4N3O3. The number of benzene rings is 2. The van der Waals surface area contributed by atoms with Gasteiger partial charge in [-0.15, -0.1) is 0 Å². The molecule has 2 heterocycles. The molecule has 0 atom stereocenters. The fraction of sp³-hybridized carbons (Fsp3) is 0.407. The minimum absolute atomic E-state index is 0.00774. The Labute approximate surface area is 212 Å². The number of rotatable bonds is 7. The number of aryl methyl sites for hydroxylation is 1. The van der Waals surface area contributed by atoms with Gasteiger partial charge in [-0.3, -0.25) is 9.59 Å². The topological polar surface area (TPSA) is 63.6 Å². The Morgan fingerprint density at radius 1 is 1.11 bits per heavy atom. The van der Waals surface area contributed by atoms with Crippen LogP contribution >= 0.6 is 0 Å². The Bertz CT molecular complexity index is 1290. The molecule has 0 spiro atoms. The summed E-state index contributed by atoms with van der Waals surface area (Å²) in [5.41, 5.74) is 3.01. The first-order chi connectivity index (χ1) is 17.6. The number of likely N-dealkylation sites (tertiary alicyclic amines) is 1. The molecule has 1 fully saturated rings. The number of hydrogen-bond donors (Lipinski definition) is 1. The van der Waals surface area contributed by atoms with Gasteiger partial charge < -0.3 is 19.5 Å². The molecule has 0 radical (unpaired) electrons. The average molecular weight is 520 g/mol. The van der Waals surface area contributed by atoms with E-state index < -0.39 is 24.4 Å². The molecule has 6 nitrogen and oxygen atoms in total. The second-order valence-electron chi connectivity index (χ2n) is 9.25. The summed E-state index contributed by atoms with van der Waals surface area (Å²) in [6, 6.07) is 12.4. The molecule has 3 aromatic rings. The fourth-order valence-electron chi connectivity index (χ4n) is 4.99. The van der Waals surface area contributed by atoms with E-state index in [4.69, 9.17) is 4.74 Å². The maximum atomic E-state index is 15.1. The number of piperidine rings is 1. The minimum Gasteiger partial charge on any atom is -0.383 e. The third-order valence-corrected chi connectivity index (χ3v) is 6.89. The summed E-state index contributed by atoms with van der Waals surface area (Å²) >= 11 is 0. The minimum atomic E-state index is -5.03. The number of aromatic nitrogens is 1. The summed E-state index contributed by atoms with van der Waals surface area (Å²) in [4.78, 5) is 26.4. The van der Waals surface area contributed by atoms with Gasteiger partial charge in [-0.05, 0) is 42.9 Å². The number of carbonyl (C=O) groups excluding carboxylic acids is 2. The lowest BCUT2D eigenvalue weighted by Crippen LogP contribution is -2.39. The van der Waals surface area contributed by atoms with E-state index in [-0.39, 0.29) is 17.4 Å². The molecule has 2 amide bonds. The number of nitrogens with one attached hydrogen (secondary N) is 1. The van der Waals surface area contributed by atoms with E-state index in [0.29, 0.717) is 50.3 Å². The number of amides is 2. The maximum absolute atomic E-state index is 15.1. The molecule has 0 aliphatic carbocycles. The molecule has 0 unspecified atom stereocenters. The van der Waals surface area contributed by atoms with Gasteiger partial charge in [0.15, 0.2) is 0 Å². The molecule has 0 saturated carbocycles. The molecule has 4 rings (SSSR count). The van der Waals surface area contributed by atoms with Crippen LogP contribution in [-0.2, 0) is 22.6 Å². The summed E-state index contributed by atoms with van der Waals surface area (Å²) in [5.74, 6) is -3.02. The van der Waals surface area contributed by atoms with Gasteiger partial charge in [0, 0.05) is 44.2 Å². The van der Waals surface area contributed by atoms with Crippen LogP contribution < -0.4 is 5.32 Å². The normalized spacial score (nSPS) is 14.8. The van der Waals surface area contributed by atoms with Crippen LogP contribution in [-0.4, -0.2) is 54.3 Å². The standard InChI is InChI=1S/C27H29F4N3O3/c1-17-5-3-6-19-15-22(34(24(17)19)13-14-37-2)25(35)33-11-9-18(10-12-33)21-8-4-7-20(23(21)28)16-32-26(36)27(29,30)31/h3-8,15,18H,9-14,16H2,1-2H3,(H,32,36). The monoisotopic (exact) mass is 519 g/mol. The number of ether oxygens (including phenoxy) is 1. The Hall–Kier alpha value is -3.40. The van der Waals surface area contributed by atoms with E-state index in [2.05, 4.69) is 0 Å². The smallest absolute Gasteiger partial charge is 0.383 e. The quantitative estimate of drug-likeness (QED) is 0.450. The highest BCUT2D eigenvalue weighted by Crippen LogP contribution is 2.32. The van der Waals surface area contributed by atoms with Crippen molar-refractivity contribution < 1.29 is 31.9 Å². The van der Waals surface area contributed by atoms with Crippen molar-refractivity contribution in [1.82, 2.24) is 14.8 Å². The van der Waals surface area contributed by atoms with Crippen LogP contribution in [0.5, 0.6) is 0 Å². The highest BCUT2D eigenvalue weighted by Gasteiger charge is 2.38. The molecule has 37 heavy (non-hydrogen) atoms. The van der Waals surface area contributed by atoms with Crippen LogP contribution in [0.2, 0.25) is 0 Å². The zero-order chi connectivity index (χ0) is 26.7. The second-order valence-corrected chi connectivity index (χ2v) is 9.25. The summed E-state index contributed by atoms with van der Waals surface area (Å²) in [7, 11) is 1.61. The highest BCUT2D eigenvalue weighted by atomic mass is 19.4. The van der Waals surface area contributed by atoms with Gasteiger partial charge in [0.1, 0.15) is 11.5 Å². The highest BCUT2D eigenvalue weighted by molar-refractivity contribution is 5.99. The van der Waals surface area contributed by atoms with E-state index in [1.165, 1.54) is 6.07 Å². The summed E-state index contributed by atoms with van der Waals surface area (Å²) < 4.78 is 59.8. The molecule has 1 saturated heterocycles. The molecule has 1 aromatic heterocycles. The Kier molecular flexibility index (Phi) is 7.87. The van der Waals surface area contributed by atoms with E-state index >= 15 is 4.39 Å². The number of fused-ring (bicyclic) bond motifs is 1. The molecule has 2 aromatic carbocycles. The van der Waals surface area contributed by atoms with Crippen LogP contribution in [0, 0.1) is 12.7 Å². The summed E-state index contributed by atoms with van der Waals surface area (Å²) in [5, 5.41) is 2.69. The van der Waals surface area contributed by atoms with Crippen LogP contribution in [0.15, 0.2) is 42.5 Å². The SMILES string of the molecule is COCCn1c(C(=O)N2CCC(c3cccc(CNC(=O)C(F)(F)F)c3F)CC2)cc2cccc(C)c21. The second kappa shape index (κ2) is 10.9. The molecular weight excluding hydrogens is 490 g/mol. The van der Waals surface area contributed by atoms with Gasteiger partial charge >= 0.3 is 12.1 Å². The number of hydrogen-bond acceptors (Lipinski definition) is 3. The van der Waals surface area contributed by atoms with Gasteiger partial charge in [0.2, 0.25) is 0 Å². The first-order valence-electron chi connectivity index (χ1n) is 12.1. The van der Waals surface area contributed by atoms with Crippen molar-refractivity contribution in [2.24, 2.45) is 0 Å². The first-order valence-corrected chi connectivity index (χ1v) is 12.1. The van der Waals surface area contributed by atoms with Crippen LogP contribution in [0.25, 0.3) is 10.9 Å². The predicted molar refractivity (Wildman–Crippen MR) is 131 cm³/mol. The van der Waals surface area contributed by atoms with Gasteiger partial charge in [-0.2, -0.15) is 13.2 Å². The van der Waals surface area contributed by atoms with Crippen molar-refractivity contribution in [3.63, 3.8) is 0 Å². The molecule has 1 aliphatic rings. The average Bonchev–Trinajstić information content (AvgIpc) is 3.25. The van der Waals surface area contributed by atoms with E-state index in [1.807, 2.05) is 35.8 Å². The zero-order valence-electron chi connectivity index (χ0n) is 20.7.